The van der Waals surface area contributed by atoms with Crippen LogP contribution in [0.3, 0.4) is 0 Å². The molecule has 4 heteroatoms. The van der Waals surface area contributed by atoms with Gasteiger partial charge in [0.2, 0.25) is 5.91 Å². The van der Waals surface area contributed by atoms with Crippen molar-refractivity contribution < 1.29 is 4.79 Å². The van der Waals surface area contributed by atoms with Crippen molar-refractivity contribution in [2.24, 2.45) is 5.73 Å². The van der Waals surface area contributed by atoms with E-state index in [1.165, 1.54) is 0 Å². The molecular weight excluding hydrogens is 202 g/mol. The summed E-state index contributed by atoms with van der Waals surface area (Å²) in [5, 5.41) is 0. The van der Waals surface area contributed by atoms with Gasteiger partial charge in [-0.1, -0.05) is 0 Å². The van der Waals surface area contributed by atoms with Gasteiger partial charge in [-0.05, 0) is 26.9 Å². The van der Waals surface area contributed by atoms with Gasteiger partial charge in [-0.2, -0.15) is 0 Å². The standard InChI is InChI=1S/C12H21N3O/c1-4-6-11(13)12(16)15-8-5-7-14(3)9-10(15)2/h1,10-11H,5-9,13H2,2-3H3. The molecule has 16 heavy (non-hydrogen) atoms. The number of carbonyl (C=O) groups is 1. The second-order valence-electron chi connectivity index (χ2n) is 4.51. The van der Waals surface area contributed by atoms with Crippen molar-refractivity contribution in [3.05, 3.63) is 0 Å². The maximum Gasteiger partial charge on any atom is 0.240 e. The molecule has 0 aromatic heterocycles. The van der Waals surface area contributed by atoms with Gasteiger partial charge in [0, 0.05) is 25.6 Å². The smallest absolute Gasteiger partial charge is 0.240 e. The van der Waals surface area contributed by atoms with Crippen LogP contribution < -0.4 is 5.73 Å². The minimum Gasteiger partial charge on any atom is -0.337 e. The van der Waals surface area contributed by atoms with Crippen molar-refractivity contribution in [2.75, 3.05) is 26.7 Å². The van der Waals surface area contributed by atoms with Crippen LogP contribution in [-0.4, -0.2) is 54.5 Å². The second-order valence-corrected chi connectivity index (χ2v) is 4.51. The Morgan fingerprint density at radius 2 is 2.31 bits per heavy atom. The summed E-state index contributed by atoms with van der Waals surface area (Å²) in [6.45, 7) is 4.76. The molecule has 0 aromatic carbocycles. The van der Waals surface area contributed by atoms with Gasteiger partial charge in [0.25, 0.3) is 0 Å². The Morgan fingerprint density at radius 1 is 1.62 bits per heavy atom. The average Bonchev–Trinajstić information content (AvgIpc) is 2.38. The maximum absolute atomic E-state index is 12.0. The normalized spacial score (nSPS) is 24.6. The predicted octanol–water partition coefficient (Wildman–Crippen LogP) is -0.110. The second kappa shape index (κ2) is 5.88. The van der Waals surface area contributed by atoms with E-state index in [1.54, 1.807) is 0 Å². The summed E-state index contributed by atoms with van der Waals surface area (Å²) in [4.78, 5) is 16.2. The number of nitrogens with two attached hydrogens (primary N) is 1. The Kier molecular flexibility index (Phi) is 4.78. The fourth-order valence-electron chi connectivity index (χ4n) is 2.13. The summed E-state index contributed by atoms with van der Waals surface area (Å²) in [6, 6.07) is -0.334. The number of carbonyl (C=O) groups excluding carboxylic acids is 1. The van der Waals surface area contributed by atoms with Gasteiger partial charge in [-0.15, -0.1) is 12.3 Å². The maximum atomic E-state index is 12.0. The quantitative estimate of drug-likeness (QED) is 0.665. The van der Waals surface area contributed by atoms with Gasteiger partial charge in [0.05, 0.1) is 6.04 Å². The Balaban J connectivity index is 2.64. The third-order valence-corrected chi connectivity index (χ3v) is 2.98. The van der Waals surface area contributed by atoms with Crippen LogP contribution in [0, 0.1) is 12.3 Å². The molecule has 1 amide bonds. The molecule has 0 aromatic rings. The molecule has 1 aliphatic rings. The summed E-state index contributed by atoms with van der Waals surface area (Å²) >= 11 is 0. The first-order valence-corrected chi connectivity index (χ1v) is 5.74. The Morgan fingerprint density at radius 3 is 2.94 bits per heavy atom. The number of terminal acetylenes is 1. The lowest BCUT2D eigenvalue weighted by Gasteiger charge is -2.29. The molecule has 0 bridgehead atoms. The molecular formula is C12H21N3O. The van der Waals surface area contributed by atoms with Crippen LogP contribution in [0.2, 0.25) is 0 Å². The molecule has 0 saturated carbocycles. The lowest BCUT2D eigenvalue weighted by Crippen LogP contribution is -2.49. The van der Waals surface area contributed by atoms with Gasteiger partial charge in [-0.3, -0.25) is 4.79 Å². The molecule has 1 aliphatic heterocycles. The van der Waals surface area contributed by atoms with Gasteiger partial charge in [0.1, 0.15) is 0 Å². The first-order chi connectivity index (χ1) is 7.56. The molecule has 2 atom stereocenters. The zero-order valence-corrected chi connectivity index (χ0v) is 10.1. The van der Waals surface area contributed by atoms with Gasteiger partial charge in [-0.25, -0.2) is 0 Å². The number of likely N-dealkylation sites (N-methyl/N-ethyl adjacent to an activating group) is 1. The summed E-state index contributed by atoms with van der Waals surface area (Å²) in [7, 11) is 2.08. The van der Waals surface area contributed by atoms with Crippen LogP contribution in [-0.2, 0) is 4.79 Å². The highest BCUT2D eigenvalue weighted by atomic mass is 16.2. The molecule has 4 nitrogen and oxygen atoms in total. The Labute approximate surface area is 97.8 Å². The molecule has 2 unspecified atom stereocenters. The number of nitrogens with zero attached hydrogens (tertiary/aromatic N) is 2. The zero-order valence-electron chi connectivity index (χ0n) is 10.1. The number of hydrogen-bond donors (Lipinski definition) is 1. The summed E-state index contributed by atoms with van der Waals surface area (Å²) < 4.78 is 0. The van der Waals surface area contributed by atoms with Crippen LogP contribution >= 0.6 is 0 Å². The van der Waals surface area contributed by atoms with Crippen molar-refractivity contribution in [2.45, 2.75) is 31.8 Å². The van der Waals surface area contributed by atoms with Crippen molar-refractivity contribution in [3.63, 3.8) is 0 Å². The van der Waals surface area contributed by atoms with Crippen LogP contribution in [0.25, 0.3) is 0 Å². The molecule has 90 valence electrons. The fourth-order valence-corrected chi connectivity index (χ4v) is 2.13. The van der Waals surface area contributed by atoms with E-state index in [-0.39, 0.29) is 11.9 Å². The molecule has 1 rings (SSSR count). The van der Waals surface area contributed by atoms with Gasteiger partial charge >= 0.3 is 0 Å². The largest absolute Gasteiger partial charge is 0.337 e. The van der Waals surface area contributed by atoms with Crippen molar-refractivity contribution in [1.29, 1.82) is 0 Å². The van der Waals surface area contributed by atoms with E-state index in [4.69, 9.17) is 12.2 Å². The first kappa shape index (κ1) is 13.0. The molecule has 0 spiro atoms. The predicted molar refractivity (Wildman–Crippen MR) is 64.7 cm³/mol. The summed E-state index contributed by atoms with van der Waals surface area (Å²) in [6.07, 6.45) is 6.49. The van der Waals surface area contributed by atoms with E-state index in [0.29, 0.717) is 6.42 Å². The molecule has 0 radical (unpaired) electrons. The van der Waals surface area contributed by atoms with Crippen molar-refractivity contribution in [1.82, 2.24) is 9.80 Å². The van der Waals surface area contributed by atoms with Crippen LogP contribution in [0.5, 0.6) is 0 Å². The number of amides is 1. The Bertz CT molecular complexity index is 284. The average molecular weight is 223 g/mol. The SMILES string of the molecule is C#CCC(N)C(=O)N1CCCN(C)CC1C. The minimum atomic E-state index is -0.546. The highest BCUT2D eigenvalue weighted by Gasteiger charge is 2.27. The molecule has 1 saturated heterocycles. The van der Waals surface area contributed by atoms with Crippen LogP contribution in [0.15, 0.2) is 0 Å². The third-order valence-electron chi connectivity index (χ3n) is 2.98. The topological polar surface area (TPSA) is 49.6 Å². The van der Waals surface area contributed by atoms with Crippen molar-refractivity contribution >= 4 is 5.91 Å². The lowest BCUT2D eigenvalue weighted by atomic mass is 10.1. The van der Waals surface area contributed by atoms with Gasteiger partial charge in [0.15, 0.2) is 0 Å². The molecule has 1 fully saturated rings. The van der Waals surface area contributed by atoms with Crippen LogP contribution in [0.1, 0.15) is 19.8 Å². The van der Waals surface area contributed by atoms with E-state index in [0.717, 1.165) is 26.1 Å². The van der Waals surface area contributed by atoms with E-state index >= 15 is 0 Å². The minimum absolute atomic E-state index is 0.0132. The van der Waals surface area contributed by atoms with Crippen molar-refractivity contribution in [3.8, 4) is 12.3 Å². The van der Waals surface area contributed by atoms with Crippen LogP contribution in [0.4, 0.5) is 0 Å². The van der Waals surface area contributed by atoms with E-state index < -0.39 is 6.04 Å². The van der Waals surface area contributed by atoms with Gasteiger partial charge < -0.3 is 15.5 Å². The number of hydrogen-bond acceptors (Lipinski definition) is 3. The highest BCUT2D eigenvalue weighted by Crippen LogP contribution is 2.10. The van der Waals surface area contributed by atoms with E-state index in [2.05, 4.69) is 24.8 Å². The lowest BCUT2D eigenvalue weighted by molar-refractivity contribution is -0.134. The summed E-state index contributed by atoms with van der Waals surface area (Å²) in [5.41, 5.74) is 5.76. The van der Waals surface area contributed by atoms with E-state index in [9.17, 15) is 4.79 Å². The fraction of sp³-hybridized carbons (Fsp3) is 0.750. The first-order valence-electron chi connectivity index (χ1n) is 5.74. The zero-order chi connectivity index (χ0) is 12.1. The molecule has 2 N–H and O–H groups in total. The molecule has 1 heterocycles. The third kappa shape index (κ3) is 3.22. The Hall–Kier alpha value is -1.05. The van der Waals surface area contributed by atoms with E-state index in [1.807, 2.05) is 4.90 Å². The monoisotopic (exact) mass is 223 g/mol. The number of rotatable bonds is 2. The molecule has 0 aliphatic carbocycles. The summed E-state index contributed by atoms with van der Waals surface area (Å²) in [5.74, 6) is 2.43. The highest BCUT2D eigenvalue weighted by molar-refractivity contribution is 5.82.